The smallest absolute Gasteiger partial charge is 0.212 e. The number of benzene rings is 2. The lowest BCUT2D eigenvalue weighted by atomic mass is 10.2. The normalized spacial score (nSPS) is 11.3. The summed E-state index contributed by atoms with van der Waals surface area (Å²) in [6.45, 7) is 8.26. The van der Waals surface area contributed by atoms with Crippen molar-refractivity contribution in [1.29, 1.82) is 0 Å². The summed E-state index contributed by atoms with van der Waals surface area (Å²) in [5.74, 6) is 1.59. The first-order chi connectivity index (χ1) is 13.6. The molecule has 0 radical (unpaired) electrons. The Kier molecular flexibility index (Phi) is 7.28. The molecule has 5 nitrogen and oxygen atoms in total. The van der Waals surface area contributed by atoms with Crippen LogP contribution in [0.2, 0.25) is 0 Å². The van der Waals surface area contributed by atoms with Crippen LogP contribution in [0.15, 0.2) is 63.3 Å². The first kappa shape index (κ1) is 20.6. The molecule has 0 saturated heterocycles. The molecule has 1 heterocycles. The van der Waals surface area contributed by atoms with Gasteiger partial charge in [-0.3, -0.25) is 0 Å². The van der Waals surface area contributed by atoms with E-state index in [0.29, 0.717) is 0 Å². The van der Waals surface area contributed by atoms with E-state index in [1.807, 2.05) is 25.3 Å². The van der Waals surface area contributed by atoms with Gasteiger partial charge in [0.05, 0.1) is 6.21 Å². The molecular weight excluding hydrogens is 434 g/mol. The molecule has 0 fully saturated rings. The van der Waals surface area contributed by atoms with E-state index in [1.165, 1.54) is 11.3 Å². The highest BCUT2D eigenvalue weighted by Gasteiger charge is 2.09. The molecular formula is C21H24BrN5S. The maximum absolute atomic E-state index is 4.60. The second kappa shape index (κ2) is 9.89. The Labute approximate surface area is 179 Å². The predicted octanol–water partition coefficient (Wildman–Crippen LogP) is 5.37. The molecule has 28 heavy (non-hydrogen) atoms. The Bertz CT molecular complexity index is 915. The van der Waals surface area contributed by atoms with Crippen molar-refractivity contribution < 1.29 is 0 Å². The van der Waals surface area contributed by atoms with Gasteiger partial charge in [0, 0.05) is 29.0 Å². The molecule has 1 aromatic heterocycles. The van der Waals surface area contributed by atoms with Crippen LogP contribution in [-0.2, 0) is 5.75 Å². The number of rotatable bonds is 8. The fourth-order valence-electron chi connectivity index (χ4n) is 2.77. The van der Waals surface area contributed by atoms with Gasteiger partial charge in [0.1, 0.15) is 0 Å². The monoisotopic (exact) mass is 457 g/mol. The lowest BCUT2D eigenvalue weighted by molar-refractivity contribution is 0.744. The molecule has 0 saturated carbocycles. The van der Waals surface area contributed by atoms with Crippen LogP contribution in [0, 0.1) is 6.92 Å². The summed E-state index contributed by atoms with van der Waals surface area (Å²) in [7, 11) is 0. The molecule has 0 aliphatic heterocycles. The second-order valence-corrected chi connectivity index (χ2v) is 8.12. The van der Waals surface area contributed by atoms with E-state index in [9.17, 15) is 0 Å². The average Bonchev–Trinajstić information content (AvgIpc) is 3.07. The Morgan fingerprint density at radius 1 is 1.04 bits per heavy atom. The van der Waals surface area contributed by atoms with Crippen LogP contribution in [-0.4, -0.2) is 34.2 Å². The molecule has 0 bridgehead atoms. The van der Waals surface area contributed by atoms with Crippen LogP contribution < -0.4 is 4.90 Å². The number of halogens is 1. The van der Waals surface area contributed by atoms with Gasteiger partial charge in [-0.15, -0.1) is 10.2 Å². The average molecular weight is 458 g/mol. The van der Waals surface area contributed by atoms with E-state index >= 15 is 0 Å². The van der Waals surface area contributed by atoms with Crippen LogP contribution in [0.5, 0.6) is 0 Å². The number of hydrogen-bond donors (Lipinski definition) is 0. The summed E-state index contributed by atoms with van der Waals surface area (Å²) in [4.78, 5) is 2.32. The standard InChI is InChI=1S/C21H24BrN5S/c1-4-26(5-2)20-12-8-17(9-13-20)14-23-27-16(3)24-25-21(27)28-15-18-6-10-19(22)11-7-18/h6-14H,4-5,15H2,1-3H3/b23-14+. The van der Waals surface area contributed by atoms with E-state index in [1.54, 1.807) is 16.4 Å². The molecule has 0 N–H and O–H groups in total. The maximum atomic E-state index is 4.60. The van der Waals surface area contributed by atoms with Crippen molar-refractivity contribution in [1.82, 2.24) is 14.9 Å². The summed E-state index contributed by atoms with van der Waals surface area (Å²) >= 11 is 5.09. The molecule has 0 spiro atoms. The highest BCUT2D eigenvalue weighted by Crippen LogP contribution is 2.23. The molecule has 0 aliphatic carbocycles. The Hall–Kier alpha value is -2.12. The van der Waals surface area contributed by atoms with Gasteiger partial charge < -0.3 is 4.90 Å². The van der Waals surface area contributed by atoms with E-state index in [2.05, 4.69) is 86.4 Å². The summed E-state index contributed by atoms with van der Waals surface area (Å²) in [5, 5.41) is 13.8. The van der Waals surface area contributed by atoms with Crippen LogP contribution in [0.4, 0.5) is 5.69 Å². The zero-order valence-corrected chi connectivity index (χ0v) is 18.7. The molecule has 2 aromatic carbocycles. The Balaban J connectivity index is 1.70. The van der Waals surface area contributed by atoms with Gasteiger partial charge in [0.2, 0.25) is 5.16 Å². The zero-order valence-electron chi connectivity index (χ0n) is 16.3. The largest absolute Gasteiger partial charge is 0.372 e. The third-order valence-electron chi connectivity index (χ3n) is 4.39. The maximum Gasteiger partial charge on any atom is 0.212 e. The fraction of sp³-hybridized carbons (Fsp3) is 0.286. The van der Waals surface area contributed by atoms with Crippen molar-refractivity contribution >= 4 is 39.6 Å². The number of aromatic nitrogens is 3. The summed E-state index contributed by atoms with van der Waals surface area (Å²) in [6.07, 6.45) is 1.85. The minimum Gasteiger partial charge on any atom is -0.372 e. The van der Waals surface area contributed by atoms with E-state index < -0.39 is 0 Å². The minimum absolute atomic E-state index is 0.773. The topological polar surface area (TPSA) is 46.3 Å². The number of anilines is 1. The number of aryl methyl sites for hydroxylation is 1. The summed E-state index contributed by atoms with van der Waals surface area (Å²) < 4.78 is 2.87. The van der Waals surface area contributed by atoms with Crippen molar-refractivity contribution in [2.75, 3.05) is 18.0 Å². The van der Waals surface area contributed by atoms with E-state index in [-0.39, 0.29) is 0 Å². The SMILES string of the molecule is CCN(CC)c1ccc(/C=N/n2c(C)nnc2SCc2ccc(Br)cc2)cc1. The summed E-state index contributed by atoms with van der Waals surface area (Å²) in [6, 6.07) is 16.7. The molecule has 0 atom stereocenters. The molecule has 3 aromatic rings. The van der Waals surface area contributed by atoms with Gasteiger partial charge in [0.15, 0.2) is 5.82 Å². The van der Waals surface area contributed by atoms with Gasteiger partial charge >= 0.3 is 0 Å². The van der Waals surface area contributed by atoms with Gasteiger partial charge in [-0.25, -0.2) is 0 Å². The van der Waals surface area contributed by atoms with Crippen molar-refractivity contribution in [2.24, 2.45) is 5.10 Å². The quantitative estimate of drug-likeness (QED) is 0.336. The number of hydrogen-bond acceptors (Lipinski definition) is 5. The summed E-state index contributed by atoms with van der Waals surface area (Å²) in [5.41, 5.74) is 3.51. The molecule has 3 rings (SSSR count). The Morgan fingerprint density at radius 2 is 1.71 bits per heavy atom. The second-order valence-electron chi connectivity index (χ2n) is 6.27. The highest BCUT2D eigenvalue weighted by molar-refractivity contribution is 9.10. The van der Waals surface area contributed by atoms with Crippen molar-refractivity contribution in [2.45, 2.75) is 31.7 Å². The number of thioether (sulfide) groups is 1. The van der Waals surface area contributed by atoms with Crippen LogP contribution in [0.1, 0.15) is 30.8 Å². The predicted molar refractivity (Wildman–Crippen MR) is 121 cm³/mol. The van der Waals surface area contributed by atoms with E-state index in [4.69, 9.17) is 0 Å². The van der Waals surface area contributed by atoms with Crippen LogP contribution >= 0.6 is 27.7 Å². The van der Waals surface area contributed by atoms with Crippen molar-refractivity contribution in [3.8, 4) is 0 Å². The molecule has 146 valence electrons. The first-order valence-corrected chi connectivity index (χ1v) is 11.1. The fourth-order valence-corrected chi connectivity index (χ4v) is 3.93. The lowest BCUT2D eigenvalue weighted by Crippen LogP contribution is -2.21. The van der Waals surface area contributed by atoms with Crippen molar-refractivity contribution in [3.05, 3.63) is 70.0 Å². The van der Waals surface area contributed by atoms with Crippen molar-refractivity contribution in [3.63, 3.8) is 0 Å². The highest BCUT2D eigenvalue weighted by atomic mass is 79.9. The van der Waals surface area contributed by atoms with Gasteiger partial charge in [-0.05, 0) is 56.2 Å². The first-order valence-electron chi connectivity index (χ1n) is 9.29. The minimum atomic E-state index is 0.773. The van der Waals surface area contributed by atoms with Gasteiger partial charge in [-0.1, -0.05) is 52.0 Å². The molecule has 7 heteroatoms. The van der Waals surface area contributed by atoms with Crippen LogP contribution in [0.25, 0.3) is 0 Å². The lowest BCUT2D eigenvalue weighted by Gasteiger charge is -2.20. The third kappa shape index (κ3) is 5.23. The Morgan fingerprint density at radius 3 is 2.36 bits per heavy atom. The van der Waals surface area contributed by atoms with Gasteiger partial charge in [0.25, 0.3) is 0 Å². The van der Waals surface area contributed by atoms with E-state index in [0.717, 1.165) is 39.9 Å². The zero-order chi connectivity index (χ0) is 19.9. The van der Waals surface area contributed by atoms with Crippen LogP contribution in [0.3, 0.4) is 0 Å². The molecule has 0 amide bonds. The molecule has 0 unspecified atom stereocenters. The van der Waals surface area contributed by atoms with Gasteiger partial charge in [-0.2, -0.15) is 9.78 Å². The number of nitrogens with zero attached hydrogens (tertiary/aromatic N) is 5. The third-order valence-corrected chi connectivity index (χ3v) is 5.91. The molecule has 0 aliphatic rings.